The number of pyridine rings is 1. The molecule has 0 radical (unpaired) electrons. The van der Waals surface area contributed by atoms with E-state index in [1.54, 1.807) is 6.07 Å². The third kappa shape index (κ3) is 3.84. The summed E-state index contributed by atoms with van der Waals surface area (Å²) in [5.41, 5.74) is 8.10. The number of nitrogens with one attached hydrogen (secondary N) is 3. The van der Waals surface area contributed by atoms with E-state index in [2.05, 4.69) is 20.5 Å². The Hall–Kier alpha value is -1.46. The summed E-state index contributed by atoms with van der Waals surface area (Å²) in [5.74, 6) is 0.163. The van der Waals surface area contributed by atoms with E-state index in [1.165, 1.54) is 0 Å². The summed E-state index contributed by atoms with van der Waals surface area (Å²) in [6.45, 7) is 1.69. The van der Waals surface area contributed by atoms with Gasteiger partial charge in [0.1, 0.15) is 0 Å². The predicted octanol–water partition coefficient (Wildman–Crippen LogP) is 1.75. The van der Waals surface area contributed by atoms with Crippen LogP contribution in [0.3, 0.4) is 0 Å². The van der Waals surface area contributed by atoms with Crippen molar-refractivity contribution < 1.29 is 25.5 Å². The summed E-state index contributed by atoms with van der Waals surface area (Å²) >= 11 is 0. The Morgan fingerprint density at radius 1 is 1.32 bits per heavy atom. The van der Waals surface area contributed by atoms with Gasteiger partial charge >= 0.3 is 26.8 Å². The molecule has 0 spiro atoms. The molecule has 118 valence electrons. The summed E-state index contributed by atoms with van der Waals surface area (Å²) in [6.07, 6.45) is 2.27. The first kappa shape index (κ1) is 18.6. The Morgan fingerprint density at radius 2 is 2.05 bits per heavy atom. The van der Waals surface area contributed by atoms with Crippen molar-refractivity contribution in [3.63, 3.8) is 0 Å². The first-order valence-electron chi connectivity index (χ1n) is 6.62. The van der Waals surface area contributed by atoms with Gasteiger partial charge in [-0.15, -0.1) is 5.10 Å². The second-order valence-electron chi connectivity index (χ2n) is 5.14. The molecular formula is C14H19N5O2W. The van der Waals surface area contributed by atoms with Gasteiger partial charge in [-0.3, -0.25) is 0 Å². The second kappa shape index (κ2) is 7.70. The quantitative estimate of drug-likeness (QED) is 0.661. The maximum absolute atomic E-state index is 11.2. The minimum absolute atomic E-state index is 0. The predicted molar refractivity (Wildman–Crippen MR) is 79.2 cm³/mol. The van der Waals surface area contributed by atoms with Gasteiger partial charge in [0.25, 0.3) is 0 Å². The van der Waals surface area contributed by atoms with Crippen molar-refractivity contribution in [3.05, 3.63) is 53.5 Å². The summed E-state index contributed by atoms with van der Waals surface area (Å²) in [7, 11) is 0. The number of rotatable bonds is 3. The van der Waals surface area contributed by atoms with Crippen LogP contribution in [0.25, 0.3) is 5.73 Å². The minimum atomic E-state index is -0.528. The molecular weight excluding hydrogens is 454 g/mol. The zero-order valence-electron chi connectivity index (χ0n) is 12.4. The maximum Gasteiger partial charge on any atom is 2.00 e. The van der Waals surface area contributed by atoms with Crippen LogP contribution in [0.15, 0.2) is 27.4 Å². The molecule has 2 aromatic rings. The largest absolute Gasteiger partial charge is 2.00 e. The average molecular weight is 473 g/mol. The molecule has 0 aromatic carbocycles. The normalized spacial score (nSPS) is 16.4. The van der Waals surface area contributed by atoms with Gasteiger partial charge in [0.05, 0.1) is 5.41 Å². The van der Waals surface area contributed by atoms with Crippen LogP contribution in [-0.4, -0.2) is 28.3 Å². The summed E-state index contributed by atoms with van der Waals surface area (Å²) < 4.78 is 5.20. The molecule has 1 aliphatic rings. The van der Waals surface area contributed by atoms with E-state index < -0.39 is 5.76 Å². The molecule has 1 fully saturated rings. The van der Waals surface area contributed by atoms with Crippen molar-refractivity contribution in [2.45, 2.75) is 24.7 Å². The third-order valence-corrected chi connectivity index (χ3v) is 3.78. The fourth-order valence-corrected chi connectivity index (χ4v) is 2.75. The Balaban J connectivity index is 0.00000121. The van der Waals surface area contributed by atoms with Crippen molar-refractivity contribution >= 4 is 5.82 Å². The van der Waals surface area contributed by atoms with E-state index in [1.807, 2.05) is 12.1 Å². The molecule has 3 rings (SSSR count). The van der Waals surface area contributed by atoms with E-state index in [9.17, 15) is 4.79 Å². The zero-order chi connectivity index (χ0) is 14.0. The molecule has 0 saturated carbocycles. The first-order valence-corrected chi connectivity index (χ1v) is 6.62. The van der Waals surface area contributed by atoms with Crippen LogP contribution in [-0.2, 0) is 32.9 Å². The first-order chi connectivity index (χ1) is 9.68. The molecule has 0 unspecified atom stereocenters. The molecule has 7 nitrogen and oxygen atoms in total. The number of aromatic amines is 1. The molecule has 0 aliphatic carbocycles. The molecule has 1 aliphatic heterocycles. The van der Waals surface area contributed by atoms with E-state index in [4.69, 9.17) is 10.2 Å². The summed E-state index contributed by atoms with van der Waals surface area (Å²) in [5, 5.41) is 9.66. The smallest absolute Gasteiger partial charge is 0.482 e. The number of nitrogens with zero attached hydrogens (tertiary/aromatic N) is 2. The van der Waals surface area contributed by atoms with Crippen LogP contribution in [0.2, 0.25) is 0 Å². The molecule has 22 heavy (non-hydrogen) atoms. The van der Waals surface area contributed by atoms with E-state index >= 15 is 0 Å². The number of hydrogen-bond donors (Lipinski definition) is 2. The molecule has 0 amide bonds. The fraction of sp³-hybridized carbons (Fsp3) is 0.429. The number of piperidine rings is 1. The van der Waals surface area contributed by atoms with Crippen LogP contribution in [0.1, 0.15) is 24.4 Å². The van der Waals surface area contributed by atoms with Crippen LogP contribution in [0, 0.1) is 7.43 Å². The van der Waals surface area contributed by atoms with Crippen LogP contribution < -0.4 is 11.1 Å². The zero-order valence-corrected chi connectivity index (χ0v) is 15.3. The molecule has 2 aromatic heterocycles. The van der Waals surface area contributed by atoms with Gasteiger partial charge in [-0.2, -0.15) is 0 Å². The van der Waals surface area contributed by atoms with Crippen molar-refractivity contribution in [3.8, 4) is 0 Å². The van der Waals surface area contributed by atoms with Crippen molar-refractivity contribution in [2.24, 2.45) is 0 Å². The second-order valence-corrected chi connectivity index (χ2v) is 5.14. The van der Waals surface area contributed by atoms with Gasteiger partial charge in [0.2, 0.25) is 5.89 Å². The van der Waals surface area contributed by atoms with Gasteiger partial charge in [-0.25, -0.2) is 9.89 Å². The van der Waals surface area contributed by atoms with E-state index in [0.717, 1.165) is 31.6 Å². The molecule has 3 heterocycles. The Labute approximate surface area is 143 Å². The van der Waals surface area contributed by atoms with E-state index in [0.29, 0.717) is 12.3 Å². The van der Waals surface area contributed by atoms with Crippen LogP contribution in [0.4, 0.5) is 5.82 Å². The molecule has 1 saturated heterocycles. The third-order valence-electron chi connectivity index (χ3n) is 3.78. The van der Waals surface area contributed by atoms with Gasteiger partial charge in [-0.1, -0.05) is 29.7 Å². The topological polar surface area (TPSA) is 108 Å². The van der Waals surface area contributed by atoms with Crippen molar-refractivity contribution in [1.82, 2.24) is 20.5 Å². The Morgan fingerprint density at radius 3 is 2.64 bits per heavy atom. The van der Waals surface area contributed by atoms with Gasteiger partial charge in [0, 0.05) is 0 Å². The maximum atomic E-state index is 11.2. The molecule has 0 bridgehead atoms. The number of aromatic nitrogens is 3. The van der Waals surface area contributed by atoms with E-state index in [-0.39, 0.29) is 39.7 Å². The van der Waals surface area contributed by atoms with Crippen LogP contribution >= 0.6 is 0 Å². The fourth-order valence-electron chi connectivity index (χ4n) is 2.75. The van der Waals surface area contributed by atoms with Gasteiger partial charge in [0.15, 0.2) is 0 Å². The number of H-pyrrole nitrogens is 1. The molecule has 0 atom stereocenters. The van der Waals surface area contributed by atoms with Gasteiger partial charge in [-0.05, 0) is 32.4 Å². The Kier molecular flexibility index (Phi) is 6.50. The monoisotopic (exact) mass is 473 g/mol. The molecule has 8 heteroatoms. The summed E-state index contributed by atoms with van der Waals surface area (Å²) in [4.78, 5) is 15.5. The summed E-state index contributed by atoms with van der Waals surface area (Å²) in [6, 6.07) is 5.36. The Bertz CT molecular complexity index is 648. The SMILES string of the molecule is [CH3-].[NH-]c1cccc(CC2(c3n[nH]c(=O)o3)CCNCC2)n1.[W+2]. The van der Waals surface area contributed by atoms with Crippen molar-refractivity contribution in [2.75, 3.05) is 13.1 Å². The van der Waals surface area contributed by atoms with Crippen molar-refractivity contribution in [1.29, 1.82) is 0 Å². The average Bonchev–Trinajstić information content (AvgIpc) is 2.87. The number of hydrogen-bond acceptors (Lipinski definition) is 5. The standard InChI is InChI=1S/C13H17N5O2.CH3.W/c14-10-3-1-2-9(16-10)8-13(4-6-15-7-5-13)11-17-18-12(19)20-11;;/h1-3,15H,4-8H2,(H3,14,16,18,19);1H3;/q;-1;+2/p-1. The van der Waals surface area contributed by atoms with Crippen LogP contribution in [0.5, 0.6) is 0 Å². The molecule has 3 N–H and O–H groups in total. The minimum Gasteiger partial charge on any atom is -0.482 e. The van der Waals surface area contributed by atoms with Gasteiger partial charge < -0.3 is 27.9 Å².